The molecular weight excluding hydrogens is 405 g/mol. The average molecular weight is 427 g/mol. The number of ether oxygens (including phenoxy) is 1. The largest absolute Gasteiger partial charge is 0.457 e. The molecule has 5 heteroatoms. The summed E-state index contributed by atoms with van der Waals surface area (Å²) in [5.41, 5.74) is 3.15. The van der Waals surface area contributed by atoms with Crippen LogP contribution in [0, 0.1) is 5.82 Å². The lowest BCUT2D eigenvalue weighted by molar-refractivity contribution is -0.122. The fourth-order valence-corrected chi connectivity index (χ4v) is 4.63. The summed E-state index contributed by atoms with van der Waals surface area (Å²) in [6.45, 7) is 0. The van der Waals surface area contributed by atoms with Crippen LogP contribution in [-0.2, 0) is 9.59 Å². The Morgan fingerprint density at radius 1 is 0.781 bits per heavy atom. The Hall–Kier alpha value is -3.73. The van der Waals surface area contributed by atoms with E-state index in [0.717, 1.165) is 16.9 Å². The van der Waals surface area contributed by atoms with Gasteiger partial charge in [-0.15, -0.1) is 0 Å². The number of hydrogen-bond donors (Lipinski definition) is 1. The minimum absolute atomic E-state index is 0.0277. The first kappa shape index (κ1) is 20.2. The molecule has 4 nitrogen and oxygen atoms in total. The van der Waals surface area contributed by atoms with Gasteiger partial charge in [-0.25, -0.2) is 4.39 Å². The predicted molar refractivity (Wildman–Crippen MR) is 119 cm³/mol. The third-order valence-electron chi connectivity index (χ3n) is 6.12. The molecule has 160 valence electrons. The number of benzene rings is 3. The van der Waals surface area contributed by atoms with Gasteiger partial charge in [0.25, 0.3) is 0 Å². The van der Waals surface area contributed by atoms with Gasteiger partial charge in [0, 0.05) is 30.0 Å². The molecule has 0 radical (unpaired) electrons. The highest BCUT2D eigenvalue weighted by molar-refractivity contribution is 6.02. The molecule has 1 N–H and O–H groups in total. The van der Waals surface area contributed by atoms with E-state index in [1.807, 2.05) is 54.6 Å². The Morgan fingerprint density at radius 3 is 2.31 bits per heavy atom. The minimum Gasteiger partial charge on any atom is -0.457 e. The summed E-state index contributed by atoms with van der Waals surface area (Å²) < 4.78 is 19.3. The molecule has 3 aromatic carbocycles. The first-order valence-corrected chi connectivity index (χ1v) is 10.7. The molecule has 2 atom stereocenters. The lowest BCUT2D eigenvalue weighted by Gasteiger charge is -2.34. The number of nitrogens with one attached hydrogen (secondary N) is 1. The fraction of sp³-hybridized carbons (Fsp3) is 0.185. The molecule has 1 aliphatic carbocycles. The number of rotatable bonds is 4. The van der Waals surface area contributed by atoms with Gasteiger partial charge in [-0.05, 0) is 59.9 Å². The van der Waals surface area contributed by atoms with E-state index in [-0.39, 0.29) is 35.8 Å². The number of Topliss-reactive ketones (excluding diaryl/α,β-unsaturated/α-hetero) is 1. The first-order valence-electron chi connectivity index (χ1n) is 10.7. The van der Waals surface area contributed by atoms with Crippen molar-refractivity contribution < 1.29 is 18.7 Å². The number of allylic oxidation sites excluding steroid dienone is 2. The highest BCUT2D eigenvalue weighted by Crippen LogP contribution is 2.43. The molecule has 32 heavy (non-hydrogen) atoms. The predicted octanol–water partition coefficient (Wildman–Crippen LogP) is 5.62. The molecule has 2 aliphatic rings. The molecule has 5 rings (SSSR count). The molecule has 1 amide bonds. The van der Waals surface area contributed by atoms with Crippen molar-refractivity contribution in [2.45, 2.75) is 31.1 Å². The zero-order chi connectivity index (χ0) is 22.1. The Kier molecular flexibility index (Phi) is 5.31. The molecule has 0 saturated carbocycles. The lowest BCUT2D eigenvalue weighted by Crippen LogP contribution is -2.38. The van der Waals surface area contributed by atoms with E-state index in [9.17, 15) is 14.0 Å². The Morgan fingerprint density at radius 2 is 1.53 bits per heavy atom. The van der Waals surface area contributed by atoms with Gasteiger partial charge in [0.05, 0.1) is 0 Å². The minimum atomic E-state index is -0.306. The number of para-hydroxylation sites is 1. The zero-order valence-corrected chi connectivity index (χ0v) is 17.4. The van der Waals surface area contributed by atoms with Crippen LogP contribution in [0.5, 0.6) is 11.5 Å². The quantitative estimate of drug-likeness (QED) is 0.588. The van der Waals surface area contributed by atoms with Crippen molar-refractivity contribution in [3.05, 3.63) is 107 Å². The third-order valence-corrected chi connectivity index (χ3v) is 6.12. The molecule has 3 aromatic rings. The molecule has 0 spiro atoms. The second kappa shape index (κ2) is 8.42. The maximum atomic E-state index is 13.3. The van der Waals surface area contributed by atoms with Gasteiger partial charge in [0.2, 0.25) is 5.91 Å². The van der Waals surface area contributed by atoms with Crippen LogP contribution in [0.2, 0.25) is 0 Å². The van der Waals surface area contributed by atoms with Crippen molar-refractivity contribution in [1.82, 2.24) is 5.32 Å². The summed E-state index contributed by atoms with van der Waals surface area (Å²) >= 11 is 0. The van der Waals surface area contributed by atoms with Crippen LogP contribution in [0.4, 0.5) is 4.39 Å². The van der Waals surface area contributed by atoms with E-state index in [4.69, 9.17) is 4.74 Å². The number of carbonyl (C=O) groups is 2. The van der Waals surface area contributed by atoms with Crippen LogP contribution in [-0.4, -0.2) is 11.7 Å². The van der Waals surface area contributed by atoms with E-state index >= 15 is 0 Å². The number of hydrogen-bond acceptors (Lipinski definition) is 3. The highest BCUT2D eigenvalue weighted by Gasteiger charge is 2.38. The Balaban J connectivity index is 1.45. The Labute approximate surface area is 185 Å². The normalized spacial score (nSPS) is 20.5. The standard InChI is InChI=1S/C27H22FNO3/c28-20-11-9-17(10-12-20)19-14-24-27(25(30)15-19)23(16-26(31)29-24)18-5-4-8-22(13-18)32-21-6-2-1-3-7-21/h1-13,19,23H,14-16H2,(H,29,31)/t19-,23+/m1/s1. The summed E-state index contributed by atoms with van der Waals surface area (Å²) in [5.74, 6) is 0.625. The summed E-state index contributed by atoms with van der Waals surface area (Å²) in [5, 5.41) is 2.93. The summed E-state index contributed by atoms with van der Waals surface area (Å²) in [4.78, 5) is 25.8. The number of amides is 1. The molecule has 0 fully saturated rings. The molecule has 0 aromatic heterocycles. The highest BCUT2D eigenvalue weighted by atomic mass is 19.1. The van der Waals surface area contributed by atoms with Crippen molar-refractivity contribution in [1.29, 1.82) is 0 Å². The SMILES string of the molecule is O=C1C[C@@H](c2cccc(Oc3ccccc3)c2)C2=C(C[C@@H](c3ccc(F)cc3)CC2=O)N1. The second-order valence-electron chi connectivity index (χ2n) is 8.26. The topological polar surface area (TPSA) is 55.4 Å². The van der Waals surface area contributed by atoms with Crippen LogP contribution in [0.15, 0.2) is 90.1 Å². The van der Waals surface area contributed by atoms with Crippen molar-refractivity contribution in [2.24, 2.45) is 0 Å². The van der Waals surface area contributed by atoms with Crippen molar-refractivity contribution in [3.8, 4) is 11.5 Å². The average Bonchev–Trinajstić information content (AvgIpc) is 2.79. The van der Waals surface area contributed by atoms with Gasteiger partial charge in [-0.1, -0.05) is 42.5 Å². The van der Waals surface area contributed by atoms with Gasteiger partial charge >= 0.3 is 0 Å². The van der Waals surface area contributed by atoms with Crippen LogP contribution < -0.4 is 10.1 Å². The smallest absolute Gasteiger partial charge is 0.225 e. The van der Waals surface area contributed by atoms with Crippen LogP contribution in [0.25, 0.3) is 0 Å². The summed E-state index contributed by atoms with van der Waals surface area (Å²) in [6, 6.07) is 23.3. The maximum Gasteiger partial charge on any atom is 0.225 e. The first-order chi connectivity index (χ1) is 15.6. The van der Waals surface area contributed by atoms with Crippen LogP contribution in [0.1, 0.15) is 42.2 Å². The van der Waals surface area contributed by atoms with Crippen molar-refractivity contribution in [2.75, 3.05) is 0 Å². The molecule has 0 bridgehead atoms. The zero-order valence-electron chi connectivity index (χ0n) is 17.4. The van der Waals surface area contributed by atoms with Gasteiger partial charge < -0.3 is 10.1 Å². The lowest BCUT2D eigenvalue weighted by atomic mass is 9.73. The number of carbonyl (C=O) groups excluding carboxylic acids is 2. The third kappa shape index (κ3) is 4.06. The van der Waals surface area contributed by atoms with Gasteiger partial charge in [-0.2, -0.15) is 0 Å². The monoisotopic (exact) mass is 427 g/mol. The molecule has 1 heterocycles. The molecule has 0 unspecified atom stereocenters. The second-order valence-corrected chi connectivity index (χ2v) is 8.26. The van der Waals surface area contributed by atoms with E-state index < -0.39 is 0 Å². The van der Waals surface area contributed by atoms with E-state index in [2.05, 4.69) is 5.32 Å². The van der Waals surface area contributed by atoms with E-state index in [0.29, 0.717) is 29.9 Å². The number of halogens is 1. The summed E-state index contributed by atoms with van der Waals surface area (Å²) in [7, 11) is 0. The molecule has 1 aliphatic heterocycles. The van der Waals surface area contributed by atoms with Crippen LogP contribution >= 0.6 is 0 Å². The van der Waals surface area contributed by atoms with Crippen molar-refractivity contribution >= 4 is 11.7 Å². The van der Waals surface area contributed by atoms with Gasteiger partial charge in [-0.3, -0.25) is 9.59 Å². The molecular formula is C27H22FNO3. The summed E-state index contributed by atoms with van der Waals surface area (Å²) in [6.07, 6.45) is 1.12. The van der Waals surface area contributed by atoms with Gasteiger partial charge in [0.1, 0.15) is 17.3 Å². The fourth-order valence-electron chi connectivity index (χ4n) is 4.63. The van der Waals surface area contributed by atoms with Gasteiger partial charge in [0.15, 0.2) is 5.78 Å². The Bertz CT molecular complexity index is 1200. The van der Waals surface area contributed by atoms with E-state index in [1.165, 1.54) is 12.1 Å². The maximum absolute atomic E-state index is 13.3. The number of ketones is 1. The van der Waals surface area contributed by atoms with E-state index in [1.54, 1.807) is 12.1 Å². The molecule has 0 saturated heterocycles. The van der Waals surface area contributed by atoms with Crippen LogP contribution in [0.3, 0.4) is 0 Å². The van der Waals surface area contributed by atoms with Crippen molar-refractivity contribution in [3.63, 3.8) is 0 Å².